The second-order valence-electron chi connectivity index (χ2n) is 3.44. The Morgan fingerprint density at radius 1 is 1.57 bits per heavy atom. The molecule has 2 rings (SSSR count). The zero-order chi connectivity index (χ0) is 9.80. The molecule has 1 aliphatic heterocycles. The monoisotopic (exact) mass is 231 g/mol. The van der Waals surface area contributed by atoms with Crippen molar-refractivity contribution in [2.45, 2.75) is 18.9 Å². The molecule has 1 aromatic heterocycles. The maximum absolute atomic E-state index is 5.86. The molecule has 0 bridgehead atoms. The van der Waals surface area contributed by atoms with Crippen molar-refractivity contribution < 1.29 is 4.74 Å². The predicted molar refractivity (Wildman–Crippen MR) is 60.3 cm³/mol. The van der Waals surface area contributed by atoms with Gasteiger partial charge in [-0.25, -0.2) is 0 Å². The van der Waals surface area contributed by atoms with Crippen molar-refractivity contribution >= 4 is 22.9 Å². The molecule has 2 nitrogen and oxygen atoms in total. The number of rotatable bonds is 3. The van der Waals surface area contributed by atoms with E-state index in [0.717, 1.165) is 36.9 Å². The van der Waals surface area contributed by atoms with Gasteiger partial charge in [-0.2, -0.15) is 0 Å². The Morgan fingerprint density at radius 3 is 3.14 bits per heavy atom. The number of halogens is 1. The average molecular weight is 232 g/mol. The largest absolute Gasteiger partial charge is 0.376 e. The lowest BCUT2D eigenvalue weighted by Crippen LogP contribution is -2.38. The fraction of sp³-hybridized carbons (Fsp3) is 0.600. The van der Waals surface area contributed by atoms with Crippen molar-refractivity contribution in [2.24, 2.45) is 0 Å². The van der Waals surface area contributed by atoms with Crippen LogP contribution in [0, 0.1) is 0 Å². The molecule has 1 atom stereocenters. The number of ether oxygens (including phenoxy) is 1. The van der Waals surface area contributed by atoms with Crippen molar-refractivity contribution in [1.29, 1.82) is 0 Å². The number of hydrogen-bond acceptors (Lipinski definition) is 3. The van der Waals surface area contributed by atoms with Gasteiger partial charge in [-0.05, 0) is 25.0 Å². The Balaban J connectivity index is 1.76. The molecule has 14 heavy (non-hydrogen) atoms. The molecule has 0 aliphatic carbocycles. The molecule has 1 fully saturated rings. The molecule has 1 aliphatic rings. The van der Waals surface area contributed by atoms with E-state index in [1.54, 1.807) is 11.3 Å². The number of thiophene rings is 1. The van der Waals surface area contributed by atoms with E-state index in [2.05, 4.69) is 11.4 Å². The maximum atomic E-state index is 5.86. The summed E-state index contributed by atoms with van der Waals surface area (Å²) >= 11 is 7.52. The Hall–Kier alpha value is -0.0900. The lowest BCUT2D eigenvalue weighted by molar-refractivity contribution is 0.0239. The highest BCUT2D eigenvalue weighted by Gasteiger charge is 2.13. The maximum Gasteiger partial charge on any atom is 0.0931 e. The van der Waals surface area contributed by atoms with Crippen molar-refractivity contribution in [3.63, 3.8) is 0 Å². The van der Waals surface area contributed by atoms with Crippen LogP contribution in [0.15, 0.2) is 12.1 Å². The van der Waals surface area contributed by atoms with Gasteiger partial charge < -0.3 is 10.1 Å². The summed E-state index contributed by atoms with van der Waals surface area (Å²) in [5.41, 5.74) is 0. The molecule has 0 saturated carbocycles. The highest BCUT2D eigenvalue weighted by Crippen LogP contribution is 2.23. The summed E-state index contributed by atoms with van der Waals surface area (Å²) in [7, 11) is 0. The fourth-order valence-electron chi connectivity index (χ4n) is 1.59. The molecule has 0 spiro atoms. The van der Waals surface area contributed by atoms with E-state index in [1.165, 1.54) is 4.88 Å². The van der Waals surface area contributed by atoms with Gasteiger partial charge in [-0.15, -0.1) is 11.3 Å². The topological polar surface area (TPSA) is 21.3 Å². The first-order chi connectivity index (χ1) is 6.84. The third kappa shape index (κ3) is 2.95. The third-order valence-corrected chi connectivity index (χ3v) is 3.64. The van der Waals surface area contributed by atoms with Gasteiger partial charge in [-0.3, -0.25) is 0 Å². The van der Waals surface area contributed by atoms with Gasteiger partial charge in [-0.1, -0.05) is 11.6 Å². The van der Waals surface area contributed by atoms with Crippen LogP contribution in [0.1, 0.15) is 11.3 Å². The van der Waals surface area contributed by atoms with Crippen LogP contribution in [-0.4, -0.2) is 25.8 Å². The van der Waals surface area contributed by atoms with E-state index < -0.39 is 0 Å². The zero-order valence-corrected chi connectivity index (χ0v) is 9.53. The number of nitrogens with one attached hydrogen (secondary N) is 1. The molecule has 78 valence electrons. The molecule has 1 N–H and O–H groups in total. The minimum atomic E-state index is 0.379. The van der Waals surface area contributed by atoms with Crippen LogP contribution in [0.25, 0.3) is 0 Å². The standard InChI is InChI=1S/C10H14ClNOS/c11-10-4-3-9(14-10)2-1-8-7-12-5-6-13-8/h3-4,8,12H,1-2,5-7H2. The smallest absolute Gasteiger partial charge is 0.0931 e. The van der Waals surface area contributed by atoms with Gasteiger partial charge in [0.2, 0.25) is 0 Å². The molecule has 4 heteroatoms. The predicted octanol–water partition coefficient (Wildman–Crippen LogP) is 2.32. The van der Waals surface area contributed by atoms with E-state index in [1.807, 2.05) is 6.07 Å². The fourth-order valence-corrected chi connectivity index (χ4v) is 2.70. The quantitative estimate of drug-likeness (QED) is 0.862. The second kappa shape index (κ2) is 5.12. The Kier molecular flexibility index (Phi) is 3.81. The van der Waals surface area contributed by atoms with Crippen molar-refractivity contribution in [1.82, 2.24) is 5.32 Å². The number of hydrogen-bond donors (Lipinski definition) is 1. The Morgan fingerprint density at radius 2 is 2.50 bits per heavy atom. The molecule has 0 radical (unpaired) electrons. The highest BCUT2D eigenvalue weighted by molar-refractivity contribution is 7.16. The van der Waals surface area contributed by atoms with Crippen molar-refractivity contribution in [3.8, 4) is 0 Å². The highest BCUT2D eigenvalue weighted by atomic mass is 35.5. The van der Waals surface area contributed by atoms with Crippen molar-refractivity contribution in [3.05, 3.63) is 21.3 Å². The summed E-state index contributed by atoms with van der Waals surface area (Å²) in [6, 6.07) is 4.06. The van der Waals surface area contributed by atoms with Gasteiger partial charge >= 0.3 is 0 Å². The van der Waals surface area contributed by atoms with Crippen LogP contribution in [0.2, 0.25) is 4.34 Å². The summed E-state index contributed by atoms with van der Waals surface area (Å²) in [6.07, 6.45) is 2.54. The van der Waals surface area contributed by atoms with Crippen LogP contribution in [0.5, 0.6) is 0 Å². The third-order valence-electron chi connectivity index (χ3n) is 2.35. The van der Waals surface area contributed by atoms with Gasteiger partial charge in [0.15, 0.2) is 0 Å². The minimum absolute atomic E-state index is 0.379. The average Bonchev–Trinajstić information content (AvgIpc) is 2.63. The second-order valence-corrected chi connectivity index (χ2v) is 5.24. The summed E-state index contributed by atoms with van der Waals surface area (Å²) in [5.74, 6) is 0. The van der Waals surface area contributed by atoms with E-state index in [9.17, 15) is 0 Å². The number of morpholine rings is 1. The Labute approximate surface area is 93.2 Å². The molecule has 2 heterocycles. The lowest BCUT2D eigenvalue weighted by atomic mass is 10.1. The molecular weight excluding hydrogens is 218 g/mol. The minimum Gasteiger partial charge on any atom is -0.376 e. The molecule has 1 aromatic rings. The Bertz CT molecular complexity index is 283. The molecule has 0 amide bonds. The molecule has 1 saturated heterocycles. The van der Waals surface area contributed by atoms with E-state index in [4.69, 9.17) is 16.3 Å². The summed E-state index contributed by atoms with van der Waals surface area (Å²) in [6.45, 7) is 2.82. The van der Waals surface area contributed by atoms with Gasteiger partial charge in [0, 0.05) is 18.0 Å². The van der Waals surface area contributed by atoms with E-state index in [-0.39, 0.29) is 0 Å². The summed E-state index contributed by atoms with van der Waals surface area (Å²) in [5, 5.41) is 3.33. The SMILES string of the molecule is Clc1ccc(CCC2CNCCO2)s1. The van der Waals surface area contributed by atoms with Gasteiger partial charge in [0.05, 0.1) is 17.0 Å². The molecule has 0 aromatic carbocycles. The van der Waals surface area contributed by atoms with Crippen LogP contribution >= 0.6 is 22.9 Å². The van der Waals surface area contributed by atoms with Crippen LogP contribution in [0.3, 0.4) is 0 Å². The summed E-state index contributed by atoms with van der Waals surface area (Å²) in [4.78, 5) is 1.35. The lowest BCUT2D eigenvalue weighted by Gasteiger charge is -2.23. The normalized spacial score (nSPS) is 22.5. The van der Waals surface area contributed by atoms with Crippen LogP contribution in [-0.2, 0) is 11.2 Å². The first kappa shape index (κ1) is 10.4. The van der Waals surface area contributed by atoms with Gasteiger partial charge in [0.1, 0.15) is 0 Å². The molecular formula is C10H14ClNOS. The van der Waals surface area contributed by atoms with E-state index >= 15 is 0 Å². The van der Waals surface area contributed by atoms with Crippen LogP contribution < -0.4 is 5.32 Å². The van der Waals surface area contributed by atoms with Crippen molar-refractivity contribution in [2.75, 3.05) is 19.7 Å². The van der Waals surface area contributed by atoms with E-state index in [0.29, 0.717) is 6.10 Å². The van der Waals surface area contributed by atoms with Crippen LogP contribution in [0.4, 0.5) is 0 Å². The van der Waals surface area contributed by atoms with Gasteiger partial charge in [0.25, 0.3) is 0 Å². The number of aryl methyl sites for hydroxylation is 1. The summed E-state index contributed by atoms with van der Waals surface area (Å²) < 4.78 is 6.49. The molecule has 1 unspecified atom stereocenters. The first-order valence-electron chi connectivity index (χ1n) is 4.91. The zero-order valence-electron chi connectivity index (χ0n) is 7.96. The first-order valence-corrected chi connectivity index (χ1v) is 6.10.